The van der Waals surface area contributed by atoms with E-state index in [0.717, 1.165) is 41.1 Å². The zero-order valence-electron chi connectivity index (χ0n) is 23.2. The summed E-state index contributed by atoms with van der Waals surface area (Å²) >= 11 is 7.57. The Kier molecular flexibility index (Phi) is 6.89. The van der Waals surface area contributed by atoms with Crippen molar-refractivity contribution in [3.63, 3.8) is 0 Å². The van der Waals surface area contributed by atoms with Crippen LogP contribution in [0.15, 0.2) is 48.8 Å². The van der Waals surface area contributed by atoms with Gasteiger partial charge in [-0.25, -0.2) is 14.4 Å². The molecule has 3 aliphatic heterocycles. The number of nitrogens with zero attached hydrogens (tertiary/aromatic N) is 5. The normalized spacial score (nSPS) is 24.0. The second-order valence-corrected chi connectivity index (χ2v) is 13.5. The van der Waals surface area contributed by atoms with Crippen molar-refractivity contribution in [2.45, 2.75) is 44.2 Å². The first-order chi connectivity index (χ1) is 19.9. The zero-order valence-corrected chi connectivity index (χ0v) is 24.7. The van der Waals surface area contributed by atoms with Crippen LogP contribution >= 0.6 is 22.9 Å². The number of rotatable bonds is 5. The van der Waals surface area contributed by atoms with Crippen LogP contribution in [0.25, 0.3) is 10.2 Å². The maximum absolute atomic E-state index is 13.6. The molecule has 4 aliphatic rings. The Hall–Kier alpha value is -2.85. The largest absolute Gasteiger partial charge is 0.340 e. The molecule has 5 heterocycles. The molecule has 2 saturated heterocycles. The predicted molar refractivity (Wildman–Crippen MR) is 162 cm³/mol. The average Bonchev–Trinajstić information content (AvgIpc) is 3.40. The van der Waals surface area contributed by atoms with Gasteiger partial charge in [-0.3, -0.25) is 9.69 Å². The molecule has 1 atom stereocenters. The summed E-state index contributed by atoms with van der Waals surface area (Å²) in [5.74, 6) is 0.266. The van der Waals surface area contributed by atoms with Crippen LogP contribution in [0.4, 0.5) is 15.9 Å². The number of carbonyl (C=O) groups excluding carboxylic acids is 1. The highest BCUT2D eigenvalue weighted by molar-refractivity contribution is 7.19. The number of aromatic nitrogens is 2. The summed E-state index contributed by atoms with van der Waals surface area (Å²) in [5.41, 5.74) is 3.73. The molecule has 3 aromatic rings. The SMILES string of the molecule is C=C1CCCCC12C[N+]21CCN(C/C=C/C(=O)N2CCc3c(sc4ncnc(Nc5ccc(F)c(Cl)c5)c34)C2)CC1. The third kappa shape index (κ3) is 4.76. The Morgan fingerprint density at radius 3 is 2.88 bits per heavy atom. The number of carbonyl (C=O) groups is 1. The Bertz CT molecular complexity index is 1560. The van der Waals surface area contributed by atoms with Gasteiger partial charge in [0.15, 0.2) is 5.54 Å². The molecule has 214 valence electrons. The molecule has 7 nitrogen and oxygen atoms in total. The molecule has 1 N–H and O–H groups in total. The number of anilines is 2. The number of halogens is 2. The lowest BCUT2D eigenvalue weighted by Crippen LogP contribution is -2.52. The van der Waals surface area contributed by atoms with Gasteiger partial charge in [0.25, 0.3) is 0 Å². The van der Waals surface area contributed by atoms with E-state index in [-0.39, 0.29) is 10.9 Å². The van der Waals surface area contributed by atoms with Crippen molar-refractivity contribution in [3.8, 4) is 0 Å². The molecule has 1 aromatic carbocycles. The van der Waals surface area contributed by atoms with Gasteiger partial charge in [0.1, 0.15) is 29.3 Å². The van der Waals surface area contributed by atoms with E-state index in [1.165, 1.54) is 73.3 Å². The fraction of sp³-hybridized carbons (Fsp3) is 0.452. The first kappa shape index (κ1) is 27.0. The van der Waals surface area contributed by atoms with Gasteiger partial charge in [0, 0.05) is 49.2 Å². The van der Waals surface area contributed by atoms with Gasteiger partial charge in [-0.15, -0.1) is 11.3 Å². The maximum Gasteiger partial charge on any atom is 0.246 e. The van der Waals surface area contributed by atoms with Crippen molar-refractivity contribution in [1.82, 2.24) is 19.8 Å². The molecule has 0 bridgehead atoms. The Balaban J connectivity index is 0.965. The van der Waals surface area contributed by atoms with Gasteiger partial charge in [-0.2, -0.15) is 0 Å². The van der Waals surface area contributed by atoms with Crippen LogP contribution in [0.3, 0.4) is 0 Å². The highest BCUT2D eigenvalue weighted by atomic mass is 35.5. The van der Waals surface area contributed by atoms with Gasteiger partial charge in [0.05, 0.1) is 30.0 Å². The Morgan fingerprint density at radius 1 is 1.22 bits per heavy atom. The molecular formula is C31H35ClFN6OS+. The molecule has 0 radical (unpaired) electrons. The molecule has 7 rings (SSSR count). The number of thiophene rings is 1. The van der Waals surface area contributed by atoms with Gasteiger partial charge >= 0.3 is 0 Å². The second kappa shape index (κ2) is 10.5. The summed E-state index contributed by atoms with van der Waals surface area (Å²) < 4.78 is 14.9. The van der Waals surface area contributed by atoms with E-state index < -0.39 is 5.82 Å². The van der Waals surface area contributed by atoms with Crippen LogP contribution in [0.1, 0.15) is 36.1 Å². The molecular weight excluding hydrogens is 559 g/mol. The lowest BCUT2D eigenvalue weighted by atomic mass is 9.84. The highest BCUT2D eigenvalue weighted by Crippen LogP contribution is 2.55. The first-order valence-corrected chi connectivity index (χ1v) is 15.8. The topological polar surface area (TPSA) is 61.4 Å². The molecule has 3 fully saturated rings. The molecule has 1 aliphatic carbocycles. The minimum Gasteiger partial charge on any atom is -0.340 e. The van der Waals surface area contributed by atoms with E-state index >= 15 is 0 Å². The van der Waals surface area contributed by atoms with Crippen molar-refractivity contribution in [2.24, 2.45) is 0 Å². The van der Waals surface area contributed by atoms with Gasteiger partial charge in [-0.1, -0.05) is 24.3 Å². The monoisotopic (exact) mass is 593 g/mol. The quantitative estimate of drug-likeness (QED) is 0.178. The number of nitrogens with one attached hydrogen (secondary N) is 1. The van der Waals surface area contributed by atoms with Crippen molar-refractivity contribution < 1.29 is 13.7 Å². The van der Waals surface area contributed by atoms with Gasteiger partial charge < -0.3 is 14.7 Å². The number of piperazine rings is 1. The van der Waals surface area contributed by atoms with Crippen molar-refractivity contribution in [1.29, 1.82) is 0 Å². The van der Waals surface area contributed by atoms with E-state index in [4.69, 9.17) is 11.6 Å². The second-order valence-electron chi connectivity index (χ2n) is 12.0. The van der Waals surface area contributed by atoms with Crippen LogP contribution in [0.5, 0.6) is 0 Å². The van der Waals surface area contributed by atoms with Crippen LogP contribution in [-0.4, -0.2) is 81.5 Å². The summed E-state index contributed by atoms with van der Waals surface area (Å²) in [6, 6.07) is 4.52. The summed E-state index contributed by atoms with van der Waals surface area (Å²) in [6.07, 6.45) is 11.3. The van der Waals surface area contributed by atoms with Crippen LogP contribution < -0.4 is 5.32 Å². The maximum atomic E-state index is 13.6. The molecule has 2 aromatic heterocycles. The Labute approximate surface area is 248 Å². The molecule has 2 spiro atoms. The van der Waals surface area contributed by atoms with Gasteiger partial charge in [-0.05, 0) is 55.0 Å². The average molecular weight is 594 g/mol. The lowest BCUT2D eigenvalue weighted by Gasteiger charge is -2.37. The summed E-state index contributed by atoms with van der Waals surface area (Å²) in [5, 5.41) is 4.29. The molecule has 1 saturated carbocycles. The fourth-order valence-corrected chi connectivity index (χ4v) is 8.76. The van der Waals surface area contributed by atoms with Crippen molar-refractivity contribution in [3.05, 3.63) is 70.1 Å². The smallest absolute Gasteiger partial charge is 0.246 e. The first-order valence-electron chi connectivity index (χ1n) is 14.6. The van der Waals surface area contributed by atoms with E-state index in [0.29, 0.717) is 30.1 Å². The van der Waals surface area contributed by atoms with Crippen molar-refractivity contribution in [2.75, 3.05) is 51.1 Å². The molecule has 1 unspecified atom stereocenters. The predicted octanol–water partition coefficient (Wildman–Crippen LogP) is 5.68. The number of benzene rings is 1. The number of fused-ring (bicyclic) bond motifs is 4. The van der Waals surface area contributed by atoms with E-state index in [2.05, 4.69) is 26.8 Å². The highest BCUT2D eigenvalue weighted by Gasteiger charge is 2.70. The number of hydrogen-bond acceptors (Lipinski definition) is 6. The minimum absolute atomic E-state index is 0.0558. The summed E-state index contributed by atoms with van der Waals surface area (Å²) in [6.45, 7) is 12.4. The number of amides is 1. The molecule has 41 heavy (non-hydrogen) atoms. The molecule has 10 heteroatoms. The van der Waals surface area contributed by atoms with Crippen molar-refractivity contribution >= 4 is 50.6 Å². The van der Waals surface area contributed by atoms with Crippen LogP contribution in [-0.2, 0) is 17.8 Å². The standard InChI is InChI=1S/C31H35ClFN6OS/c1-21-5-2-3-10-31(21)19-39(31)15-13-37(14-16-39)11-4-6-27(40)38-12-9-23-26(18-38)41-30-28(23)29(34-20-35-30)36-22-7-8-25(33)24(32)17-22/h4,6-8,17,20H,1-3,5,9-16,18-19H2,(H,34,35,36)/q+1/b6-4+. The van der Waals surface area contributed by atoms with Gasteiger partial charge in [0.2, 0.25) is 5.91 Å². The Morgan fingerprint density at radius 2 is 2.07 bits per heavy atom. The van der Waals surface area contributed by atoms with E-state index in [1.54, 1.807) is 29.5 Å². The zero-order chi connectivity index (χ0) is 28.2. The minimum atomic E-state index is -0.460. The molecule has 1 amide bonds. The number of hydrogen-bond donors (Lipinski definition) is 1. The summed E-state index contributed by atoms with van der Waals surface area (Å²) in [4.78, 5) is 28.5. The summed E-state index contributed by atoms with van der Waals surface area (Å²) in [7, 11) is 0. The lowest BCUT2D eigenvalue weighted by molar-refractivity contribution is -0.832. The van der Waals surface area contributed by atoms with Crippen LogP contribution in [0.2, 0.25) is 5.02 Å². The third-order valence-corrected chi connectivity index (χ3v) is 11.2. The van der Waals surface area contributed by atoms with E-state index in [1.807, 2.05) is 11.0 Å². The van der Waals surface area contributed by atoms with E-state index in [9.17, 15) is 9.18 Å². The van der Waals surface area contributed by atoms with Crippen LogP contribution in [0, 0.1) is 5.82 Å². The fourth-order valence-electron chi connectivity index (χ4n) is 7.38. The number of quaternary nitrogens is 1. The third-order valence-electron chi connectivity index (χ3n) is 9.79.